The lowest BCUT2D eigenvalue weighted by atomic mass is 10.1. The fourth-order valence-electron chi connectivity index (χ4n) is 2.67. The van der Waals surface area contributed by atoms with E-state index in [1.807, 2.05) is 24.3 Å². The number of hydrogen-bond acceptors (Lipinski definition) is 3. The van der Waals surface area contributed by atoms with Crippen LogP contribution in [0.5, 0.6) is 0 Å². The zero-order chi connectivity index (χ0) is 16.4. The van der Waals surface area contributed by atoms with Gasteiger partial charge in [0.15, 0.2) is 0 Å². The standard InChI is InChI=1S/C17H17ClN2O2S/c1-19(11-14-8-9-15(18)23-14)17(22)12-4-6-13(7-5-12)20-10-2-3-16(20)21/h4-9H,2-3,10-11H2,1H3. The normalized spacial score (nSPS) is 14.3. The Bertz CT molecular complexity index is 726. The van der Waals surface area contributed by atoms with Gasteiger partial charge in [0.25, 0.3) is 5.91 Å². The average molecular weight is 349 g/mol. The van der Waals surface area contributed by atoms with E-state index in [-0.39, 0.29) is 11.8 Å². The molecular weight excluding hydrogens is 332 g/mol. The molecule has 0 aliphatic carbocycles. The first-order chi connectivity index (χ1) is 11.0. The molecule has 0 spiro atoms. The van der Waals surface area contributed by atoms with E-state index in [0.717, 1.165) is 27.9 Å². The van der Waals surface area contributed by atoms with E-state index >= 15 is 0 Å². The monoisotopic (exact) mass is 348 g/mol. The molecule has 0 unspecified atom stereocenters. The van der Waals surface area contributed by atoms with Crippen molar-refractivity contribution < 1.29 is 9.59 Å². The molecule has 2 amide bonds. The third-order valence-electron chi connectivity index (χ3n) is 3.87. The van der Waals surface area contributed by atoms with Gasteiger partial charge in [-0.1, -0.05) is 11.6 Å². The third-order valence-corrected chi connectivity index (χ3v) is 5.08. The van der Waals surface area contributed by atoms with Crippen LogP contribution in [0, 0.1) is 0 Å². The van der Waals surface area contributed by atoms with Gasteiger partial charge < -0.3 is 9.80 Å². The Morgan fingerprint density at radius 2 is 2.00 bits per heavy atom. The molecule has 0 saturated carbocycles. The van der Waals surface area contributed by atoms with Gasteiger partial charge >= 0.3 is 0 Å². The van der Waals surface area contributed by atoms with E-state index in [0.29, 0.717) is 18.5 Å². The summed E-state index contributed by atoms with van der Waals surface area (Å²) in [6.07, 6.45) is 1.50. The second-order valence-electron chi connectivity index (χ2n) is 5.56. The zero-order valence-electron chi connectivity index (χ0n) is 12.8. The molecule has 1 aromatic carbocycles. The molecule has 3 rings (SSSR count). The molecule has 120 valence electrons. The van der Waals surface area contributed by atoms with Crippen LogP contribution in [0.15, 0.2) is 36.4 Å². The number of anilines is 1. The van der Waals surface area contributed by atoms with Crippen molar-refractivity contribution in [2.75, 3.05) is 18.5 Å². The molecule has 2 heterocycles. The van der Waals surface area contributed by atoms with Gasteiger partial charge in [0.05, 0.1) is 10.9 Å². The lowest BCUT2D eigenvalue weighted by molar-refractivity contribution is -0.117. The van der Waals surface area contributed by atoms with Gasteiger partial charge in [-0.25, -0.2) is 0 Å². The Morgan fingerprint density at radius 1 is 1.26 bits per heavy atom. The van der Waals surface area contributed by atoms with E-state index in [9.17, 15) is 9.59 Å². The Labute approximate surface area is 144 Å². The molecule has 1 aliphatic rings. The van der Waals surface area contributed by atoms with Crippen LogP contribution in [-0.4, -0.2) is 30.3 Å². The van der Waals surface area contributed by atoms with Gasteiger partial charge in [-0.3, -0.25) is 9.59 Å². The van der Waals surface area contributed by atoms with Crippen molar-refractivity contribution in [2.24, 2.45) is 0 Å². The number of thiophene rings is 1. The molecule has 1 saturated heterocycles. The predicted molar refractivity (Wildman–Crippen MR) is 93.2 cm³/mol. The van der Waals surface area contributed by atoms with Gasteiger partial charge in [0.2, 0.25) is 5.91 Å². The van der Waals surface area contributed by atoms with Crippen LogP contribution in [0.4, 0.5) is 5.69 Å². The minimum Gasteiger partial charge on any atom is -0.337 e. The van der Waals surface area contributed by atoms with Gasteiger partial charge in [-0.15, -0.1) is 11.3 Å². The summed E-state index contributed by atoms with van der Waals surface area (Å²) < 4.78 is 0.723. The Balaban J connectivity index is 1.68. The maximum absolute atomic E-state index is 12.5. The van der Waals surface area contributed by atoms with Crippen LogP contribution in [0.25, 0.3) is 0 Å². The molecule has 23 heavy (non-hydrogen) atoms. The van der Waals surface area contributed by atoms with Crippen LogP contribution in [0.1, 0.15) is 28.1 Å². The topological polar surface area (TPSA) is 40.6 Å². The van der Waals surface area contributed by atoms with Gasteiger partial charge in [0, 0.05) is 36.1 Å². The van der Waals surface area contributed by atoms with Crippen molar-refractivity contribution in [3.05, 3.63) is 51.2 Å². The molecule has 6 heteroatoms. The van der Waals surface area contributed by atoms with Crippen molar-refractivity contribution in [3.63, 3.8) is 0 Å². The quantitative estimate of drug-likeness (QED) is 0.843. The summed E-state index contributed by atoms with van der Waals surface area (Å²) in [5.41, 5.74) is 1.47. The minimum atomic E-state index is -0.0474. The Morgan fingerprint density at radius 3 is 2.57 bits per heavy atom. The molecule has 1 aromatic heterocycles. The summed E-state index contributed by atoms with van der Waals surface area (Å²) >= 11 is 7.39. The first kappa shape index (κ1) is 16.0. The van der Waals surface area contributed by atoms with Crippen molar-refractivity contribution in [1.29, 1.82) is 0 Å². The van der Waals surface area contributed by atoms with Crippen molar-refractivity contribution in [3.8, 4) is 0 Å². The summed E-state index contributed by atoms with van der Waals surface area (Å²) in [4.78, 5) is 28.7. The summed E-state index contributed by atoms with van der Waals surface area (Å²) in [7, 11) is 1.77. The highest BCUT2D eigenvalue weighted by molar-refractivity contribution is 7.16. The lowest BCUT2D eigenvalue weighted by Gasteiger charge is -2.18. The van der Waals surface area contributed by atoms with Crippen LogP contribution >= 0.6 is 22.9 Å². The largest absolute Gasteiger partial charge is 0.337 e. The van der Waals surface area contributed by atoms with E-state index in [2.05, 4.69) is 0 Å². The number of benzene rings is 1. The second-order valence-corrected chi connectivity index (χ2v) is 7.36. The summed E-state index contributed by atoms with van der Waals surface area (Å²) in [5.74, 6) is 0.101. The number of carbonyl (C=O) groups is 2. The maximum Gasteiger partial charge on any atom is 0.253 e. The number of carbonyl (C=O) groups excluding carboxylic acids is 2. The highest BCUT2D eigenvalue weighted by atomic mass is 35.5. The molecule has 0 radical (unpaired) electrons. The highest BCUT2D eigenvalue weighted by Crippen LogP contribution is 2.24. The molecule has 0 bridgehead atoms. The molecule has 4 nitrogen and oxygen atoms in total. The lowest BCUT2D eigenvalue weighted by Crippen LogP contribution is -2.26. The van der Waals surface area contributed by atoms with Crippen LogP contribution < -0.4 is 4.90 Å². The number of rotatable bonds is 4. The van der Waals surface area contributed by atoms with Crippen molar-refractivity contribution >= 4 is 40.4 Å². The molecule has 1 fully saturated rings. The van der Waals surface area contributed by atoms with Gasteiger partial charge in [0.1, 0.15) is 0 Å². The van der Waals surface area contributed by atoms with E-state index < -0.39 is 0 Å². The smallest absolute Gasteiger partial charge is 0.253 e. The number of hydrogen-bond donors (Lipinski definition) is 0. The third kappa shape index (κ3) is 3.57. The summed E-state index contributed by atoms with van der Waals surface area (Å²) in [5, 5.41) is 0. The molecule has 1 aliphatic heterocycles. The molecule has 0 N–H and O–H groups in total. The first-order valence-electron chi connectivity index (χ1n) is 7.45. The highest BCUT2D eigenvalue weighted by Gasteiger charge is 2.22. The fraction of sp³-hybridized carbons (Fsp3) is 0.294. The molecule has 0 atom stereocenters. The first-order valence-corrected chi connectivity index (χ1v) is 8.64. The van der Waals surface area contributed by atoms with E-state index in [1.165, 1.54) is 11.3 Å². The van der Waals surface area contributed by atoms with Crippen molar-refractivity contribution in [1.82, 2.24) is 4.90 Å². The van der Waals surface area contributed by atoms with Crippen LogP contribution in [0.3, 0.4) is 0 Å². The number of nitrogens with zero attached hydrogens (tertiary/aromatic N) is 2. The number of amides is 2. The van der Waals surface area contributed by atoms with Gasteiger partial charge in [-0.05, 0) is 42.8 Å². The maximum atomic E-state index is 12.5. The Hall–Kier alpha value is -1.85. The molecule has 2 aromatic rings. The zero-order valence-corrected chi connectivity index (χ0v) is 14.4. The average Bonchev–Trinajstić information content (AvgIpc) is 3.15. The fourth-order valence-corrected chi connectivity index (χ4v) is 3.81. The van der Waals surface area contributed by atoms with E-state index in [4.69, 9.17) is 11.6 Å². The van der Waals surface area contributed by atoms with Crippen molar-refractivity contribution in [2.45, 2.75) is 19.4 Å². The minimum absolute atomic E-state index is 0.0474. The summed E-state index contributed by atoms with van der Waals surface area (Å²) in [6, 6.07) is 11.0. The second kappa shape index (κ2) is 6.72. The number of halogens is 1. The van der Waals surface area contributed by atoms with E-state index in [1.54, 1.807) is 29.0 Å². The SMILES string of the molecule is CN(Cc1ccc(Cl)s1)C(=O)c1ccc(N2CCCC2=O)cc1. The predicted octanol–water partition coefficient (Wildman–Crippen LogP) is 3.80. The summed E-state index contributed by atoms with van der Waals surface area (Å²) in [6.45, 7) is 1.29. The van der Waals surface area contributed by atoms with Crippen LogP contribution in [-0.2, 0) is 11.3 Å². The molecular formula is C17H17ClN2O2S. The van der Waals surface area contributed by atoms with Gasteiger partial charge in [-0.2, -0.15) is 0 Å². The Kier molecular flexibility index (Phi) is 4.68. The van der Waals surface area contributed by atoms with Crippen LogP contribution in [0.2, 0.25) is 4.34 Å².